The van der Waals surface area contributed by atoms with Crippen molar-refractivity contribution in [1.82, 2.24) is 15.5 Å². The van der Waals surface area contributed by atoms with Crippen molar-refractivity contribution < 1.29 is 14.3 Å². The van der Waals surface area contributed by atoms with E-state index in [1.807, 2.05) is 6.92 Å². The maximum absolute atomic E-state index is 11.7. The first-order valence-electron chi connectivity index (χ1n) is 8.32. The SMILES string of the molecule is CCOCCC1(CNC(=NCC(=O)N(C)C)NCCOC)CC1. The van der Waals surface area contributed by atoms with Crippen LogP contribution < -0.4 is 10.6 Å². The Balaban J connectivity index is 2.45. The first-order chi connectivity index (χ1) is 11.0. The maximum atomic E-state index is 11.7. The molecule has 0 atom stereocenters. The summed E-state index contributed by atoms with van der Waals surface area (Å²) < 4.78 is 10.5. The van der Waals surface area contributed by atoms with Gasteiger partial charge >= 0.3 is 0 Å². The number of ether oxygens (including phenoxy) is 2. The van der Waals surface area contributed by atoms with Crippen LogP contribution in [0.25, 0.3) is 0 Å². The Morgan fingerprint density at radius 1 is 1.26 bits per heavy atom. The van der Waals surface area contributed by atoms with Gasteiger partial charge < -0.3 is 25.0 Å². The number of methoxy groups -OCH3 is 1. The van der Waals surface area contributed by atoms with Crippen LogP contribution in [-0.4, -0.2) is 77.4 Å². The molecule has 0 heterocycles. The van der Waals surface area contributed by atoms with Crippen molar-refractivity contribution in [3.8, 4) is 0 Å². The van der Waals surface area contributed by atoms with E-state index in [9.17, 15) is 4.79 Å². The number of rotatable bonds is 11. The van der Waals surface area contributed by atoms with Gasteiger partial charge in [0.15, 0.2) is 5.96 Å². The maximum Gasteiger partial charge on any atom is 0.243 e. The number of aliphatic imine (C=N–C) groups is 1. The molecule has 0 radical (unpaired) electrons. The highest BCUT2D eigenvalue weighted by atomic mass is 16.5. The van der Waals surface area contributed by atoms with Gasteiger partial charge in [0.2, 0.25) is 5.91 Å². The van der Waals surface area contributed by atoms with Gasteiger partial charge in [0, 0.05) is 47.5 Å². The minimum absolute atomic E-state index is 0.0182. The van der Waals surface area contributed by atoms with Crippen molar-refractivity contribution >= 4 is 11.9 Å². The quantitative estimate of drug-likeness (QED) is 0.327. The predicted octanol–water partition coefficient (Wildman–Crippen LogP) is 0.463. The molecule has 1 rings (SSSR count). The van der Waals surface area contributed by atoms with Crippen molar-refractivity contribution in [3.63, 3.8) is 0 Å². The van der Waals surface area contributed by atoms with Crippen molar-refractivity contribution in [1.29, 1.82) is 0 Å². The summed E-state index contributed by atoms with van der Waals surface area (Å²) in [7, 11) is 5.13. The Kier molecular flexibility index (Phi) is 8.94. The minimum Gasteiger partial charge on any atom is -0.383 e. The molecule has 1 saturated carbocycles. The number of hydrogen-bond donors (Lipinski definition) is 2. The van der Waals surface area contributed by atoms with Crippen molar-refractivity contribution in [2.75, 3.05) is 60.7 Å². The van der Waals surface area contributed by atoms with Crippen LogP contribution in [0.2, 0.25) is 0 Å². The van der Waals surface area contributed by atoms with Crippen LogP contribution >= 0.6 is 0 Å². The fourth-order valence-corrected chi connectivity index (χ4v) is 2.13. The molecule has 1 aliphatic rings. The van der Waals surface area contributed by atoms with E-state index in [2.05, 4.69) is 15.6 Å². The van der Waals surface area contributed by atoms with Crippen LogP contribution in [0.1, 0.15) is 26.2 Å². The lowest BCUT2D eigenvalue weighted by atomic mass is 10.0. The number of hydrogen-bond acceptors (Lipinski definition) is 4. The molecule has 0 bridgehead atoms. The second kappa shape index (κ2) is 10.4. The van der Waals surface area contributed by atoms with Gasteiger partial charge in [-0.3, -0.25) is 4.79 Å². The molecule has 0 aromatic rings. The second-order valence-corrected chi connectivity index (χ2v) is 6.17. The molecule has 0 aromatic carbocycles. The molecule has 7 heteroatoms. The highest BCUT2D eigenvalue weighted by molar-refractivity contribution is 5.84. The van der Waals surface area contributed by atoms with E-state index in [-0.39, 0.29) is 12.5 Å². The Morgan fingerprint density at radius 3 is 2.57 bits per heavy atom. The fourth-order valence-electron chi connectivity index (χ4n) is 2.13. The molecule has 0 saturated heterocycles. The Labute approximate surface area is 139 Å². The van der Waals surface area contributed by atoms with Gasteiger partial charge in [-0.1, -0.05) is 0 Å². The van der Waals surface area contributed by atoms with E-state index >= 15 is 0 Å². The summed E-state index contributed by atoms with van der Waals surface area (Å²) in [6.45, 7) is 5.84. The number of likely N-dealkylation sites (N-methyl/N-ethyl adjacent to an activating group) is 1. The van der Waals surface area contributed by atoms with E-state index in [0.717, 1.165) is 26.2 Å². The predicted molar refractivity (Wildman–Crippen MR) is 91.7 cm³/mol. The van der Waals surface area contributed by atoms with Gasteiger partial charge in [0.25, 0.3) is 0 Å². The normalized spacial score (nSPS) is 16.1. The van der Waals surface area contributed by atoms with E-state index in [1.165, 1.54) is 12.8 Å². The first kappa shape index (κ1) is 19.7. The highest BCUT2D eigenvalue weighted by Crippen LogP contribution is 2.48. The number of nitrogens with zero attached hydrogens (tertiary/aromatic N) is 2. The number of carbonyl (C=O) groups excluding carboxylic acids is 1. The smallest absolute Gasteiger partial charge is 0.243 e. The topological polar surface area (TPSA) is 75.2 Å². The van der Waals surface area contributed by atoms with Crippen LogP contribution in [-0.2, 0) is 14.3 Å². The molecular weight excluding hydrogens is 296 g/mol. The molecule has 7 nitrogen and oxygen atoms in total. The fraction of sp³-hybridized carbons (Fsp3) is 0.875. The monoisotopic (exact) mass is 328 g/mol. The third-order valence-electron chi connectivity index (χ3n) is 4.04. The minimum atomic E-state index is -0.0182. The van der Waals surface area contributed by atoms with E-state index < -0.39 is 0 Å². The van der Waals surface area contributed by atoms with Crippen LogP contribution in [0.5, 0.6) is 0 Å². The van der Waals surface area contributed by atoms with E-state index in [4.69, 9.17) is 9.47 Å². The Hall–Kier alpha value is -1.34. The average molecular weight is 328 g/mol. The Morgan fingerprint density at radius 2 is 2.00 bits per heavy atom. The molecule has 134 valence electrons. The van der Waals surface area contributed by atoms with Crippen molar-refractivity contribution in [3.05, 3.63) is 0 Å². The zero-order chi connectivity index (χ0) is 17.1. The van der Waals surface area contributed by atoms with E-state index in [1.54, 1.807) is 26.1 Å². The summed E-state index contributed by atoms with van der Waals surface area (Å²) in [4.78, 5) is 17.6. The second-order valence-electron chi connectivity index (χ2n) is 6.17. The lowest BCUT2D eigenvalue weighted by Gasteiger charge is -2.19. The molecule has 0 spiro atoms. The molecular formula is C16H32N4O3. The number of nitrogens with one attached hydrogen (secondary N) is 2. The van der Waals surface area contributed by atoms with Gasteiger partial charge in [-0.15, -0.1) is 0 Å². The third kappa shape index (κ3) is 8.18. The van der Waals surface area contributed by atoms with Crippen molar-refractivity contribution in [2.24, 2.45) is 10.4 Å². The van der Waals surface area contributed by atoms with Crippen LogP contribution in [0.4, 0.5) is 0 Å². The summed E-state index contributed by atoms with van der Waals surface area (Å²) in [5.41, 5.74) is 0.324. The zero-order valence-electron chi connectivity index (χ0n) is 15.0. The lowest BCUT2D eigenvalue weighted by Crippen LogP contribution is -2.42. The molecule has 0 aliphatic heterocycles. The molecule has 1 amide bonds. The van der Waals surface area contributed by atoms with Gasteiger partial charge in [0.1, 0.15) is 6.54 Å². The van der Waals surface area contributed by atoms with Gasteiger partial charge in [-0.05, 0) is 31.6 Å². The largest absolute Gasteiger partial charge is 0.383 e. The molecule has 2 N–H and O–H groups in total. The van der Waals surface area contributed by atoms with Crippen LogP contribution in [0.3, 0.4) is 0 Å². The van der Waals surface area contributed by atoms with Crippen molar-refractivity contribution in [2.45, 2.75) is 26.2 Å². The number of amides is 1. The summed E-state index contributed by atoms with van der Waals surface area (Å²) in [6, 6.07) is 0. The van der Waals surface area contributed by atoms with Crippen LogP contribution in [0.15, 0.2) is 4.99 Å². The molecule has 1 aliphatic carbocycles. The van der Waals surface area contributed by atoms with E-state index in [0.29, 0.717) is 24.5 Å². The molecule has 1 fully saturated rings. The number of carbonyl (C=O) groups is 1. The summed E-state index contributed by atoms with van der Waals surface area (Å²) in [5, 5.41) is 6.55. The molecule has 0 unspecified atom stereocenters. The zero-order valence-corrected chi connectivity index (χ0v) is 15.0. The lowest BCUT2D eigenvalue weighted by molar-refractivity contribution is -0.127. The Bertz CT molecular complexity index is 382. The summed E-state index contributed by atoms with van der Waals surface area (Å²) in [5.74, 6) is 0.648. The average Bonchev–Trinajstić information content (AvgIpc) is 3.29. The van der Waals surface area contributed by atoms with Gasteiger partial charge in [-0.2, -0.15) is 0 Å². The standard InChI is InChI=1S/C16H32N4O3/c1-5-23-10-8-16(6-7-16)13-19-15(17-9-11-22-4)18-12-14(21)20(2)3/h5-13H2,1-4H3,(H2,17,18,19). The highest BCUT2D eigenvalue weighted by Gasteiger charge is 2.41. The van der Waals surface area contributed by atoms with Gasteiger partial charge in [0.05, 0.1) is 6.61 Å². The molecule has 23 heavy (non-hydrogen) atoms. The third-order valence-corrected chi connectivity index (χ3v) is 4.04. The molecule has 0 aromatic heterocycles. The summed E-state index contributed by atoms with van der Waals surface area (Å²) >= 11 is 0. The van der Waals surface area contributed by atoms with Crippen LogP contribution in [0, 0.1) is 5.41 Å². The van der Waals surface area contributed by atoms with Gasteiger partial charge in [-0.25, -0.2) is 4.99 Å². The first-order valence-corrected chi connectivity index (χ1v) is 8.32. The summed E-state index contributed by atoms with van der Waals surface area (Å²) in [6.07, 6.45) is 3.50. The number of guanidine groups is 1.